The molecule has 1 spiro atoms. The first-order valence-corrected chi connectivity index (χ1v) is 13.9. The molecule has 8 nitrogen and oxygen atoms in total. The summed E-state index contributed by atoms with van der Waals surface area (Å²) >= 11 is 0. The molecule has 0 aromatic heterocycles. The van der Waals surface area contributed by atoms with Crippen LogP contribution in [-0.2, 0) is 24.5 Å². The number of hydrogen-bond acceptors (Lipinski definition) is 6. The molecule has 0 saturated carbocycles. The Bertz CT molecular complexity index is 1730. The minimum atomic E-state index is -1.80. The van der Waals surface area contributed by atoms with Crippen molar-refractivity contribution in [3.05, 3.63) is 131 Å². The highest BCUT2D eigenvalue weighted by molar-refractivity contribution is 6.11. The van der Waals surface area contributed by atoms with Gasteiger partial charge < -0.3 is 19.9 Å². The molecule has 216 valence electrons. The first-order chi connectivity index (χ1) is 20.9. The number of halogens is 1. The topological polar surface area (TPSA) is 105 Å². The number of nitrogens with zero attached hydrogens (tertiary/aromatic N) is 1. The molecule has 2 fully saturated rings. The molecule has 4 aromatic rings. The summed E-state index contributed by atoms with van der Waals surface area (Å²) in [5.74, 6) is -4.26. The van der Waals surface area contributed by atoms with E-state index in [4.69, 9.17) is 9.47 Å². The highest BCUT2D eigenvalue weighted by atomic mass is 19.1. The van der Waals surface area contributed by atoms with Gasteiger partial charge >= 0.3 is 11.9 Å². The number of benzene rings is 4. The summed E-state index contributed by atoms with van der Waals surface area (Å²) < 4.78 is 25.9. The van der Waals surface area contributed by atoms with Gasteiger partial charge in [0.2, 0.25) is 5.91 Å². The van der Waals surface area contributed by atoms with E-state index in [2.05, 4.69) is 5.32 Å². The smallest absolute Gasteiger partial charge is 0.325 e. The van der Waals surface area contributed by atoms with Gasteiger partial charge in [0.15, 0.2) is 0 Å². The van der Waals surface area contributed by atoms with Crippen LogP contribution < -0.4 is 10.1 Å². The Labute approximate surface area is 246 Å². The van der Waals surface area contributed by atoms with Crippen LogP contribution in [0.2, 0.25) is 0 Å². The highest BCUT2D eigenvalue weighted by Crippen LogP contribution is 2.64. The number of carboxylic acid groups (broad SMARTS) is 1. The van der Waals surface area contributed by atoms with Gasteiger partial charge in [0.25, 0.3) is 0 Å². The zero-order valence-electron chi connectivity index (χ0n) is 23.0. The number of aliphatic carboxylic acids is 1. The number of morpholine rings is 1. The molecule has 7 rings (SSSR count). The van der Waals surface area contributed by atoms with E-state index in [1.807, 2.05) is 65.6 Å². The van der Waals surface area contributed by atoms with Crippen LogP contribution in [-0.4, -0.2) is 41.0 Å². The maximum atomic E-state index is 14.4. The van der Waals surface area contributed by atoms with Crippen molar-refractivity contribution < 1.29 is 33.4 Å². The fourth-order valence-electron chi connectivity index (χ4n) is 7.32. The van der Waals surface area contributed by atoms with Gasteiger partial charge in [-0.1, -0.05) is 72.8 Å². The molecule has 3 aliphatic rings. The summed E-state index contributed by atoms with van der Waals surface area (Å²) in [5, 5.41) is 13.8. The van der Waals surface area contributed by atoms with Crippen LogP contribution in [0, 0.1) is 11.7 Å². The predicted molar refractivity (Wildman–Crippen MR) is 154 cm³/mol. The third kappa shape index (κ3) is 3.88. The molecule has 3 heterocycles. The number of hydrogen-bond donors (Lipinski definition) is 2. The Kier molecular flexibility index (Phi) is 6.28. The molecule has 4 aromatic carbocycles. The molecule has 2 N–H and O–H groups in total. The summed E-state index contributed by atoms with van der Waals surface area (Å²) in [4.78, 5) is 43.7. The van der Waals surface area contributed by atoms with Crippen molar-refractivity contribution in [3.8, 4) is 5.75 Å². The standard InChI is InChI=1S/C34H27FN2O6/c1-42-23-16-17-25-24(18-23)34(33(41)36-25)26(31(38)39)28-32(40)43-29(20-10-6-3-7-11-20)27(19-8-4-2-5-9-19)37(28)30(34)21-12-14-22(35)15-13-21/h2-18,26-30H,1H3,(H,36,41)(H,38,39)/t26-,27-,28-,29+,30+,34-/m0/s1. The fraction of sp³-hybridized carbons (Fsp3) is 0.206. The number of methoxy groups -OCH3 is 1. The second kappa shape index (κ2) is 10.1. The van der Waals surface area contributed by atoms with Crippen molar-refractivity contribution in [3.63, 3.8) is 0 Å². The molecular weight excluding hydrogens is 551 g/mol. The number of anilines is 1. The Hall–Kier alpha value is -5.02. The van der Waals surface area contributed by atoms with Crippen LogP contribution in [0.1, 0.15) is 40.4 Å². The summed E-state index contributed by atoms with van der Waals surface area (Å²) in [6, 6.07) is 26.2. The van der Waals surface area contributed by atoms with Gasteiger partial charge in [-0.05, 0) is 52.6 Å². The quantitative estimate of drug-likeness (QED) is 0.314. The van der Waals surface area contributed by atoms with E-state index in [0.29, 0.717) is 28.1 Å². The Morgan fingerprint density at radius 1 is 0.884 bits per heavy atom. The molecule has 3 aliphatic heterocycles. The highest BCUT2D eigenvalue weighted by Gasteiger charge is 2.74. The van der Waals surface area contributed by atoms with E-state index < -0.39 is 59.2 Å². The first kappa shape index (κ1) is 26.9. The summed E-state index contributed by atoms with van der Waals surface area (Å²) in [5.41, 5.74) is 0.995. The molecule has 0 unspecified atom stereocenters. The molecule has 0 bridgehead atoms. The predicted octanol–water partition coefficient (Wildman–Crippen LogP) is 5.19. The molecule has 0 aliphatic carbocycles. The van der Waals surface area contributed by atoms with Crippen LogP contribution in [0.25, 0.3) is 0 Å². The normalized spacial score (nSPS) is 27.7. The number of ether oxygens (including phenoxy) is 2. The Morgan fingerprint density at radius 3 is 2.16 bits per heavy atom. The van der Waals surface area contributed by atoms with Crippen molar-refractivity contribution in [2.45, 2.75) is 29.6 Å². The maximum absolute atomic E-state index is 14.4. The molecular formula is C34H27FN2O6. The van der Waals surface area contributed by atoms with E-state index in [0.717, 1.165) is 5.56 Å². The second-order valence-corrected chi connectivity index (χ2v) is 11.0. The lowest BCUT2D eigenvalue weighted by Crippen LogP contribution is -2.52. The van der Waals surface area contributed by atoms with Crippen molar-refractivity contribution in [1.82, 2.24) is 4.90 Å². The molecule has 9 heteroatoms. The molecule has 1 amide bonds. The second-order valence-electron chi connectivity index (χ2n) is 11.0. The largest absolute Gasteiger partial charge is 0.497 e. The maximum Gasteiger partial charge on any atom is 0.325 e. The Morgan fingerprint density at radius 2 is 1.53 bits per heavy atom. The van der Waals surface area contributed by atoms with E-state index in [-0.39, 0.29) is 0 Å². The third-order valence-corrected chi connectivity index (χ3v) is 8.97. The minimum Gasteiger partial charge on any atom is -0.497 e. The van der Waals surface area contributed by atoms with Gasteiger partial charge in [-0.3, -0.25) is 19.3 Å². The lowest BCUT2D eigenvalue weighted by Gasteiger charge is -2.46. The van der Waals surface area contributed by atoms with Crippen LogP contribution in [0.5, 0.6) is 5.75 Å². The van der Waals surface area contributed by atoms with E-state index in [1.165, 1.54) is 19.2 Å². The van der Waals surface area contributed by atoms with Crippen molar-refractivity contribution in [1.29, 1.82) is 0 Å². The monoisotopic (exact) mass is 578 g/mol. The summed E-state index contributed by atoms with van der Waals surface area (Å²) in [6.45, 7) is 0. The van der Waals surface area contributed by atoms with Gasteiger partial charge in [0, 0.05) is 5.69 Å². The van der Waals surface area contributed by atoms with Crippen LogP contribution in [0.3, 0.4) is 0 Å². The number of nitrogens with one attached hydrogen (secondary N) is 1. The molecule has 43 heavy (non-hydrogen) atoms. The van der Waals surface area contributed by atoms with Gasteiger partial charge in [-0.2, -0.15) is 0 Å². The van der Waals surface area contributed by atoms with Gasteiger partial charge in [-0.25, -0.2) is 4.39 Å². The first-order valence-electron chi connectivity index (χ1n) is 13.9. The van der Waals surface area contributed by atoms with Gasteiger partial charge in [-0.15, -0.1) is 0 Å². The molecule has 0 radical (unpaired) electrons. The average Bonchev–Trinajstić information content (AvgIpc) is 3.50. The lowest BCUT2D eigenvalue weighted by atomic mass is 9.65. The molecule has 2 saturated heterocycles. The number of rotatable bonds is 5. The van der Waals surface area contributed by atoms with Gasteiger partial charge in [0.05, 0.1) is 19.2 Å². The van der Waals surface area contributed by atoms with Gasteiger partial charge in [0.1, 0.15) is 35.0 Å². The van der Waals surface area contributed by atoms with Crippen LogP contribution >= 0.6 is 0 Å². The van der Waals surface area contributed by atoms with E-state index in [1.54, 1.807) is 30.3 Å². The minimum absolute atomic E-state index is 0.392. The number of cyclic esters (lactones) is 1. The SMILES string of the molecule is COc1ccc2c(c1)[C@]1(C(=O)N2)[C@H](C(=O)O)[C@H]2C(=O)O[C@H](c3ccccc3)[C@H](c3ccccc3)N2[C@@H]1c1ccc(F)cc1. The summed E-state index contributed by atoms with van der Waals surface area (Å²) in [7, 11) is 1.48. The number of carbonyl (C=O) groups is 3. The molecule has 6 atom stereocenters. The van der Waals surface area contributed by atoms with Crippen LogP contribution in [0.15, 0.2) is 103 Å². The zero-order chi connectivity index (χ0) is 29.9. The summed E-state index contributed by atoms with van der Waals surface area (Å²) in [6.07, 6.45) is -0.825. The number of carboxylic acids is 1. The lowest BCUT2D eigenvalue weighted by molar-refractivity contribution is -0.179. The van der Waals surface area contributed by atoms with Crippen molar-refractivity contribution >= 4 is 23.5 Å². The number of amides is 1. The number of esters is 1. The van der Waals surface area contributed by atoms with E-state index >= 15 is 0 Å². The Balaban J connectivity index is 1.57. The third-order valence-electron chi connectivity index (χ3n) is 8.97. The number of carbonyl (C=O) groups excluding carboxylic acids is 2. The fourth-order valence-corrected chi connectivity index (χ4v) is 7.32. The van der Waals surface area contributed by atoms with Crippen molar-refractivity contribution in [2.75, 3.05) is 12.4 Å². The average molecular weight is 579 g/mol. The number of fused-ring (bicyclic) bond motifs is 3. The zero-order valence-corrected chi connectivity index (χ0v) is 23.0. The van der Waals surface area contributed by atoms with E-state index in [9.17, 15) is 23.9 Å². The van der Waals surface area contributed by atoms with Crippen LogP contribution in [0.4, 0.5) is 10.1 Å². The van der Waals surface area contributed by atoms with Crippen molar-refractivity contribution in [2.24, 2.45) is 5.92 Å².